The number of nitrogen functional groups attached to an aromatic ring is 1. The summed E-state index contributed by atoms with van der Waals surface area (Å²) < 4.78 is 37.7. The molecule has 1 aromatic carbocycles. The molecule has 3 nitrogen and oxygen atoms in total. The zero-order valence-corrected chi connectivity index (χ0v) is 10.4. The lowest BCUT2D eigenvalue weighted by Gasteiger charge is -2.24. The summed E-state index contributed by atoms with van der Waals surface area (Å²) in [6, 6.07) is 3.15. The van der Waals surface area contributed by atoms with Crippen LogP contribution in [0, 0.1) is 5.41 Å². The van der Waals surface area contributed by atoms with Crippen molar-refractivity contribution >= 4 is 11.5 Å². The van der Waals surface area contributed by atoms with E-state index in [0.717, 1.165) is 12.1 Å². The van der Waals surface area contributed by atoms with Gasteiger partial charge in [0.15, 0.2) is 0 Å². The van der Waals surface area contributed by atoms with E-state index in [2.05, 4.69) is 5.32 Å². The van der Waals surface area contributed by atoms with Gasteiger partial charge >= 0.3 is 6.18 Å². The molecule has 0 amide bonds. The summed E-state index contributed by atoms with van der Waals surface area (Å²) in [6.07, 6.45) is -4.44. The van der Waals surface area contributed by atoms with Crippen LogP contribution in [0.5, 0.6) is 0 Å². The van der Waals surface area contributed by atoms with E-state index in [1.54, 1.807) is 0 Å². The van der Waals surface area contributed by atoms with Crippen LogP contribution in [0.1, 0.15) is 31.9 Å². The van der Waals surface area contributed by atoms with E-state index in [1.807, 2.05) is 20.8 Å². The second kappa shape index (κ2) is 4.51. The summed E-state index contributed by atoms with van der Waals surface area (Å²) in [5, 5.41) is 10.4. The molecule has 0 unspecified atom stereocenters. The second-order valence-electron chi connectivity index (χ2n) is 5.05. The highest BCUT2D eigenvalue weighted by Crippen LogP contribution is 2.32. The Hall–Kier alpha value is -1.72. The number of nitrogens with two attached hydrogens (primary N) is 1. The Balaban J connectivity index is 3.26. The monoisotopic (exact) mass is 259 g/mol. The van der Waals surface area contributed by atoms with Crippen LogP contribution in [-0.2, 0) is 6.18 Å². The maximum absolute atomic E-state index is 12.6. The fraction of sp³-hybridized carbons (Fsp3) is 0.417. The maximum atomic E-state index is 12.6. The van der Waals surface area contributed by atoms with Gasteiger partial charge in [-0.15, -0.1) is 0 Å². The zero-order valence-electron chi connectivity index (χ0n) is 10.4. The van der Waals surface area contributed by atoms with Gasteiger partial charge in [-0.2, -0.15) is 13.2 Å². The molecule has 0 spiro atoms. The largest absolute Gasteiger partial charge is 0.416 e. The van der Waals surface area contributed by atoms with E-state index >= 15 is 0 Å². The van der Waals surface area contributed by atoms with Gasteiger partial charge in [-0.05, 0) is 39.0 Å². The molecule has 0 aliphatic carbocycles. The Morgan fingerprint density at radius 1 is 1.22 bits per heavy atom. The van der Waals surface area contributed by atoms with Gasteiger partial charge in [0.1, 0.15) is 5.84 Å². The highest BCUT2D eigenvalue weighted by atomic mass is 19.4. The van der Waals surface area contributed by atoms with Crippen LogP contribution in [0.4, 0.5) is 18.9 Å². The number of nitrogens with one attached hydrogen (secondary N) is 2. The molecule has 0 radical (unpaired) electrons. The van der Waals surface area contributed by atoms with Gasteiger partial charge in [0, 0.05) is 16.8 Å². The van der Waals surface area contributed by atoms with Crippen LogP contribution in [-0.4, -0.2) is 11.4 Å². The number of rotatable bonds is 2. The smallest absolute Gasteiger partial charge is 0.384 e. The Bertz CT molecular complexity index is 459. The number of amidine groups is 1. The van der Waals surface area contributed by atoms with Crippen molar-refractivity contribution < 1.29 is 13.2 Å². The van der Waals surface area contributed by atoms with E-state index in [1.165, 1.54) is 6.07 Å². The van der Waals surface area contributed by atoms with Gasteiger partial charge in [0.05, 0.1) is 5.56 Å². The first-order chi connectivity index (χ1) is 8.00. The maximum Gasteiger partial charge on any atom is 0.416 e. The van der Waals surface area contributed by atoms with E-state index in [9.17, 15) is 13.2 Å². The fourth-order valence-corrected chi connectivity index (χ4v) is 1.46. The molecule has 0 heterocycles. The van der Waals surface area contributed by atoms with Crippen LogP contribution in [0.3, 0.4) is 0 Å². The van der Waals surface area contributed by atoms with Gasteiger partial charge in [0.25, 0.3) is 0 Å². The van der Waals surface area contributed by atoms with E-state index in [-0.39, 0.29) is 11.1 Å². The summed E-state index contributed by atoms with van der Waals surface area (Å²) >= 11 is 0. The first-order valence-corrected chi connectivity index (χ1v) is 5.34. The normalized spacial score (nSPS) is 12.3. The minimum atomic E-state index is -4.44. The second-order valence-corrected chi connectivity index (χ2v) is 5.05. The number of hydrogen-bond acceptors (Lipinski definition) is 2. The van der Waals surface area contributed by atoms with Crippen molar-refractivity contribution in [2.45, 2.75) is 32.5 Å². The van der Waals surface area contributed by atoms with E-state index in [0.29, 0.717) is 5.69 Å². The van der Waals surface area contributed by atoms with Gasteiger partial charge < -0.3 is 11.1 Å². The van der Waals surface area contributed by atoms with Gasteiger partial charge in [-0.25, -0.2) is 0 Å². The highest BCUT2D eigenvalue weighted by molar-refractivity contribution is 6.00. The van der Waals surface area contributed by atoms with Crippen LogP contribution in [0.25, 0.3) is 0 Å². The fourth-order valence-electron chi connectivity index (χ4n) is 1.46. The van der Waals surface area contributed by atoms with Crippen molar-refractivity contribution in [1.82, 2.24) is 0 Å². The van der Waals surface area contributed by atoms with Crippen molar-refractivity contribution in [2.75, 3.05) is 5.32 Å². The van der Waals surface area contributed by atoms with E-state index in [4.69, 9.17) is 11.1 Å². The first kappa shape index (κ1) is 14.3. The summed E-state index contributed by atoms with van der Waals surface area (Å²) in [5.74, 6) is -0.396. The highest BCUT2D eigenvalue weighted by Gasteiger charge is 2.31. The number of alkyl halides is 3. The van der Waals surface area contributed by atoms with Crippen LogP contribution in [0.15, 0.2) is 18.2 Å². The first-order valence-electron chi connectivity index (χ1n) is 5.34. The summed E-state index contributed by atoms with van der Waals surface area (Å²) in [6.45, 7) is 5.61. The number of benzene rings is 1. The van der Waals surface area contributed by atoms with Gasteiger partial charge in [-0.3, -0.25) is 5.41 Å². The third kappa shape index (κ3) is 3.65. The van der Waals surface area contributed by atoms with E-state index < -0.39 is 17.6 Å². The number of anilines is 1. The molecular weight excluding hydrogens is 243 g/mol. The Morgan fingerprint density at radius 3 is 2.17 bits per heavy atom. The molecule has 0 atom stereocenters. The molecule has 100 valence electrons. The Labute approximate surface area is 104 Å². The lowest BCUT2D eigenvalue weighted by molar-refractivity contribution is -0.137. The molecule has 6 heteroatoms. The molecule has 0 aliphatic rings. The molecule has 0 bridgehead atoms. The molecule has 0 aromatic heterocycles. The SMILES string of the molecule is CC(C)(C)Nc1ccc(C(F)(F)F)cc1C(=N)N. The lowest BCUT2D eigenvalue weighted by atomic mass is 10.0. The average Bonchev–Trinajstić information content (AvgIpc) is 2.13. The van der Waals surface area contributed by atoms with Crippen molar-refractivity contribution in [3.63, 3.8) is 0 Å². The minimum absolute atomic E-state index is 0.0553. The lowest BCUT2D eigenvalue weighted by Crippen LogP contribution is -2.28. The quantitative estimate of drug-likeness (QED) is 0.564. The third-order valence-corrected chi connectivity index (χ3v) is 2.15. The summed E-state index contributed by atoms with van der Waals surface area (Å²) in [5.41, 5.74) is 4.65. The van der Waals surface area contributed by atoms with Gasteiger partial charge in [-0.1, -0.05) is 0 Å². The average molecular weight is 259 g/mol. The molecule has 1 rings (SSSR count). The minimum Gasteiger partial charge on any atom is -0.384 e. The van der Waals surface area contributed by atoms with Crippen molar-refractivity contribution in [2.24, 2.45) is 5.73 Å². The van der Waals surface area contributed by atoms with Crippen LogP contribution in [0.2, 0.25) is 0 Å². The van der Waals surface area contributed by atoms with Crippen molar-refractivity contribution in [3.05, 3.63) is 29.3 Å². The molecule has 1 aromatic rings. The molecule has 18 heavy (non-hydrogen) atoms. The molecule has 0 saturated heterocycles. The molecule has 0 aliphatic heterocycles. The summed E-state index contributed by atoms with van der Waals surface area (Å²) in [4.78, 5) is 0. The number of hydrogen-bond donors (Lipinski definition) is 3. The van der Waals surface area contributed by atoms with Crippen molar-refractivity contribution in [3.8, 4) is 0 Å². The Morgan fingerprint density at radius 2 is 1.78 bits per heavy atom. The molecule has 0 saturated carbocycles. The van der Waals surface area contributed by atoms with Crippen LogP contribution < -0.4 is 11.1 Å². The van der Waals surface area contributed by atoms with Crippen LogP contribution >= 0.6 is 0 Å². The number of halogens is 3. The zero-order chi connectivity index (χ0) is 14.1. The van der Waals surface area contributed by atoms with Gasteiger partial charge in [0.2, 0.25) is 0 Å². The molecular formula is C12H16F3N3. The topological polar surface area (TPSA) is 61.9 Å². The Kier molecular flexibility index (Phi) is 3.59. The third-order valence-electron chi connectivity index (χ3n) is 2.15. The summed E-state index contributed by atoms with van der Waals surface area (Å²) in [7, 11) is 0. The molecule has 0 fully saturated rings. The van der Waals surface area contributed by atoms with Crippen molar-refractivity contribution in [1.29, 1.82) is 5.41 Å². The molecule has 4 N–H and O–H groups in total. The predicted octanol–water partition coefficient (Wildman–Crippen LogP) is 3.20. The predicted molar refractivity (Wildman–Crippen MR) is 65.8 cm³/mol. The standard InChI is InChI=1S/C12H16F3N3/c1-11(2,3)18-9-5-4-7(12(13,14)15)6-8(9)10(16)17/h4-6,18H,1-3H3,(H3,16,17).